The maximum Gasteiger partial charge on any atom is 0.274 e. The summed E-state index contributed by atoms with van der Waals surface area (Å²) in [7, 11) is 0. The lowest BCUT2D eigenvalue weighted by Crippen LogP contribution is -2.33. The Kier molecular flexibility index (Phi) is 5.83. The number of halogens is 1. The number of hydrogen-bond acceptors (Lipinski definition) is 4. The Morgan fingerprint density at radius 3 is 2.95 bits per heavy atom. The van der Waals surface area contributed by atoms with Gasteiger partial charge in [0.1, 0.15) is 5.69 Å². The molecule has 2 aliphatic heterocycles. The maximum absolute atomic E-state index is 12.5. The number of piperidine rings is 1. The van der Waals surface area contributed by atoms with Crippen LogP contribution in [0.3, 0.4) is 0 Å². The van der Waals surface area contributed by atoms with Gasteiger partial charge < -0.3 is 15.3 Å². The fourth-order valence-corrected chi connectivity index (χ4v) is 3.30. The molecule has 0 radical (unpaired) electrons. The normalized spacial score (nSPS) is 28.5. The molecule has 3 unspecified atom stereocenters. The van der Waals surface area contributed by atoms with E-state index in [1.807, 2.05) is 17.8 Å². The molecule has 3 heterocycles. The number of aliphatic hydroxyl groups excluding tert-OH is 1. The second-order valence-corrected chi connectivity index (χ2v) is 6.13. The van der Waals surface area contributed by atoms with Gasteiger partial charge in [-0.3, -0.25) is 9.48 Å². The highest BCUT2D eigenvalue weighted by Gasteiger charge is 2.34. The monoisotopic (exact) mass is 328 g/mol. The molecule has 0 aromatic carbocycles. The van der Waals surface area contributed by atoms with Gasteiger partial charge in [0.2, 0.25) is 0 Å². The number of β-amino-alcohol motifs (C(OH)–C–C–N with tert-alkyl or cyclic N) is 1. The number of amides is 1. The topological polar surface area (TPSA) is 70.4 Å². The molecule has 22 heavy (non-hydrogen) atoms. The molecule has 0 bridgehead atoms. The fraction of sp³-hybridized carbons (Fsp3) is 0.733. The number of likely N-dealkylation sites (tertiary alicyclic amines) is 1. The van der Waals surface area contributed by atoms with Gasteiger partial charge in [-0.25, -0.2) is 0 Å². The van der Waals surface area contributed by atoms with Gasteiger partial charge in [0, 0.05) is 31.7 Å². The van der Waals surface area contributed by atoms with E-state index in [9.17, 15) is 9.90 Å². The summed E-state index contributed by atoms with van der Waals surface area (Å²) in [6.45, 7) is 5.08. The summed E-state index contributed by atoms with van der Waals surface area (Å²) in [6.07, 6.45) is 4.64. The van der Waals surface area contributed by atoms with Crippen molar-refractivity contribution in [1.82, 2.24) is 20.0 Å². The lowest BCUT2D eigenvalue weighted by atomic mass is 10.0. The van der Waals surface area contributed by atoms with Gasteiger partial charge in [0.05, 0.1) is 12.1 Å². The van der Waals surface area contributed by atoms with Crippen LogP contribution in [-0.2, 0) is 0 Å². The summed E-state index contributed by atoms with van der Waals surface area (Å²) in [5, 5.41) is 17.8. The second kappa shape index (κ2) is 7.44. The molecule has 2 N–H and O–H groups in total. The van der Waals surface area contributed by atoms with Crippen molar-refractivity contribution in [1.29, 1.82) is 0 Å². The molecule has 3 rings (SSSR count). The molecule has 124 valence electrons. The quantitative estimate of drug-likeness (QED) is 0.871. The first-order valence-corrected chi connectivity index (χ1v) is 7.92. The van der Waals surface area contributed by atoms with Gasteiger partial charge in [-0.2, -0.15) is 5.10 Å². The van der Waals surface area contributed by atoms with Crippen LogP contribution in [0.1, 0.15) is 42.7 Å². The Morgan fingerprint density at radius 1 is 1.50 bits per heavy atom. The predicted octanol–water partition coefficient (Wildman–Crippen LogP) is 1.07. The summed E-state index contributed by atoms with van der Waals surface area (Å²) >= 11 is 0. The van der Waals surface area contributed by atoms with E-state index < -0.39 is 6.10 Å². The number of hydrogen-bond donors (Lipinski definition) is 2. The zero-order valence-corrected chi connectivity index (χ0v) is 13.8. The van der Waals surface area contributed by atoms with Crippen molar-refractivity contribution in [3.8, 4) is 0 Å². The van der Waals surface area contributed by atoms with Crippen LogP contribution in [0, 0.1) is 5.92 Å². The molecule has 0 saturated carbocycles. The molecule has 6 nitrogen and oxygen atoms in total. The molecule has 2 saturated heterocycles. The van der Waals surface area contributed by atoms with E-state index in [-0.39, 0.29) is 24.2 Å². The molecule has 0 aliphatic carbocycles. The van der Waals surface area contributed by atoms with E-state index in [1.165, 1.54) is 0 Å². The van der Waals surface area contributed by atoms with Crippen molar-refractivity contribution in [2.45, 2.75) is 38.3 Å². The number of rotatable bonds is 3. The molecular weight excluding hydrogens is 304 g/mol. The van der Waals surface area contributed by atoms with Crippen molar-refractivity contribution in [3.63, 3.8) is 0 Å². The molecule has 7 heteroatoms. The lowest BCUT2D eigenvalue weighted by molar-refractivity contribution is 0.0757. The van der Waals surface area contributed by atoms with E-state index in [4.69, 9.17) is 0 Å². The molecule has 3 atom stereocenters. The molecule has 2 fully saturated rings. The zero-order chi connectivity index (χ0) is 14.8. The van der Waals surface area contributed by atoms with Gasteiger partial charge in [-0.1, -0.05) is 6.92 Å². The largest absolute Gasteiger partial charge is 0.391 e. The Labute approximate surface area is 137 Å². The average molecular weight is 329 g/mol. The number of carbonyl (C=O) groups is 1. The lowest BCUT2D eigenvalue weighted by Gasteiger charge is -2.23. The molecular formula is C15H25ClN4O2. The smallest absolute Gasteiger partial charge is 0.274 e. The van der Waals surface area contributed by atoms with Crippen LogP contribution in [0.2, 0.25) is 0 Å². The van der Waals surface area contributed by atoms with E-state index in [2.05, 4.69) is 10.4 Å². The highest BCUT2D eigenvalue weighted by Crippen LogP contribution is 2.22. The second-order valence-electron chi connectivity index (χ2n) is 6.13. The molecule has 0 spiro atoms. The Morgan fingerprint density at radius 2 is 2.32 bits per heavy atom. The van der Waals surface area contributed by atoms with E-state index in [0.717, 1.165) is 32.4 Å². The van der Waals surface area contributed by atoms with Crippen LogP contribution in [0.4, 0.5) is 0 Å². The van der Waals surface area contributed by atoms with Crippen LogP contribution in [0.15, 0.2) is 12.3 Å². The molecule has 1 aromatic rings. The van der Waals surface area contributed by atoms with Gasteiger partial charge in [0.15, 0.2) is 0 Å². The third-order valence-corrected chi connectivity index (χ3v) is 4.69. The highest BCUT2D eigenvalue weighted by atomic mass is 35.5. The number of carbonyl (C=O) groups excluding carboxylic acids is 1. The predicted molar refractivity (Wildman–Crippen MR) is 86.3 cm³/mol. The van der Waals surface area contributed by atoms with Crippen LogP contribution in [0.25, 0.3) is 0 Å². The Bertz CT molecular complexity index is 501. The Hall–Kier alpha value is -1.11. The molecule has 1 aromatic heterocycles. The highest BCUT2D eigenvalue weighted by molar-refractivity contribution is 5.92. The van der Waals surface area contributed by atoms with Gasteiger partial charge in [0.25, 0.3) is 5.91 Å². The SMILES string of the molecule is CCC1CN(C(=O)c2ccn(C3CCCNC3)n2)CC1O.Cl. The minimum Gasteiger partial charge on any atom is -0.391 e. The molecule has 2 aliphatic rings. The summed E-state index contributed by atoms with van der Waals surface area (Å²) < 4.78 is 1.91. The third-order valence-electron chi connectivity index (χ3n) is 4.69. The van der Waals surface area contributed by atoms with Crippen LogP contribution in [-0.4, -0.2) is 58.0 Å². The van der Waals surface area contributed by atoms with Crippen LogP contribution >= 0.6 is 12.4 Å². The summed E-state index contributed by atoms with van der Waals surface area (Å²) in [4.78, 5) is 14.2. The number of nitrogens with zero attached hydrogens (tertiary/aromatic N) is 3. The van der Waals surface area contributed by atoms with Crippen LogP contribution < -0.4 is 5.32 Å². The first-order chi connectivity index (χ1) is 10.2. The number of nitrogens with one attached hydrogen (secondary N) is 1. The van der Waals surface area contributed by atoms with Gasteiger partial charge in [-0.15, -0.1) is 12.4 Å². The van der Waals surface area contributed by atoms with Crippen molar-refractivity contribution < 1.29 is 9.90 Å². The van der Waals surface area contributed by atoms with Crippen molar-refractivity contribution >= 4 is 18.3 Å². The van der Waals surface area contributed by atoms with Crippen molar-refractivity contribution in [2.75, 3.05) is 26.2 Å². The van der Waals surface area contributed by atoms with Crippen molar-refractivity contribution in [2.24, 2.45) is 5.92 Å². The standard InChI is InChI=1S/C15H24N4O2.ClH/c1-2-11-9-18(10-14(11)20)15(21)13-5-7-19(17-13)12-4-3-6-16-8-12;/h5,7,11-12,14,16,20H,2-4,6,8-10H2,1H3;1H. The number of aliphatic hydroxyl groups is 1. The van der Waals surface area contributed by atoms with Crippen molar-refractivity contribution in [3.05, 3.63) is 18.0 Å². The van der Waals surface area contributed by atoms with E-state index in [0.29, 0.717) is 24.8 Å². The van der Waals surface area contributed by atoms with Gasteiger partial charge >= 0.3 is 0 Å². The first-order valence-electron chi connectivity index (χ1n) is 7.92. The average Bonchev–Trinajstić information content (AvgIpc) is 3.14. The molecule has 1 amide bonds. The fourth-order valence-electron chi connectivity index (χ4n) is 3.30. The maximum atomic E-state index is 12.5. The Balaban J connectivity index is 0.00000176. The van der Waals surface area contributed by atoms with Crippen LogP contribution in [0.5, 0.6) is 0 Å². The summed E-state index contributed by atoms with van der Waals surface area (Å²) in [5.41, 5.74) is 0.490. The number of aromatic nitrogens is 2. The third kappa shape index (κ3) is 3.45. The van der Waals surface area contributed by atoms with Gasteiger partial charge in [-0.05, 0) is 31.9 Å². The minimum atomic E-state index is -0.399. The summed E-state index contributed by atoms with van der Waals surface area (Å²) in [5.74, 6) is 0.131. The zero-order valence-electron chi connectivity index (χ0n) is 12.9. The summed E-state index contributed by atoms with van der Waals surface area (Å²) in [6, 6.07) is 2.13. The minimum absolute atomic E-state index is 0. The first kappa shape index (κ1) is 17.2. The van der Waals surface area contributed by atoms with E-state index >= 15 is 0 Å². The van der Waals surface area contributed by atoms with E-state index in [1.54, 1.807) is 11.0 Å².